The Balaban J connectivity index is 2.47. The molecule has 0 bridgehead atoms. The van der Waals surface area contributed by atoms with Gasteiger partial charge in [0.2, 0.25) is 0 Å². The van der Waals surface area contributed by atoms with E-state index in [1.807, 2.05) is 0 Å². The number of aromatic nitrogens is 2. The molecule has 104 valence electrons. The second-order valence-electron chi connectivity index (χ2n) is 4.10. The van der Waals surface area contributed by atoms with E-state index in [0.29, 0.717) is 22.1 Å². The van der Waals surface area contributed by atoms with Crippen molar-refractivity contribution in [2.45, 2.75) is 13.8 Å². The normalized spacial score (nSPS) is 10.3. The van der Waals surface area contributed by atoms with E-state index in [1.54, 1.807) is 38.1 Å². The van der Waals surface area contributed by atoms with E-state index in [-0.39, 0.29) is 12.2 Å². The van der Waals surface area contributed by atoms with Gasteiger partial charge < -0.3 is 9.72 Å². The predicted octanol–water partition coefficient (Wildman–Crippen LogP) is 2.58. The molecule has 0 spiro atoms. The summed E-state index contributed by atoms with van der Waals surface area (Å²) in [6.45, 7) is 3.48. The molecule has 0 aliphatic rings. The molecule has 20 heavy (non-hydrogen) atoms. The molecule has 5 nitrogen and oxygen atoms in total. The third kappa shape index (κ3) is 2.88. The van der Waals surface area contributed by atoms with Gasteiger partial charge >= 0.3 is 5.97 Å². The number of carbonyl (C=O) groups excluding carboxylic acids is 1. The molecular formula is C14H13ClN2O3. The molecule has 1 aromatic heterocycles. The third-order valence-electron chi connectivity index (χ3n) is 2.70. The van der Waals surface area contributed by atoms with Gasteiger partial charge in [0.05, 0.1) is 12.3 Å². The lowest BCUT2D eigenvalue weighted by Gasteiger charge is -2.07. The van der Waals surface area contributed by atoms with Crippen LogP contribution >= 0.6 is 11.6 Å². The molecule has 1 heterocycles. The molecule has 0 atom stereocenters. The van der Waals surface area contributed by atoms with E-state index in [0.717, 1.165) is 0 Å². The standard InChI is InChI=1S/C14H13ClN2O3/c1-3-20-14(19)11-8(2)16-12(17-13(11)18)9-4-6-10(15)7-5-9/h4-7H,3H2,1-2H3,(H,16,17,18). The van der Waals surface area contributed by atoms with E-state index in [1.165, 1.54) is 0 Å². The molecule has 1 N–H and O–H groups in total. The highest BCUT2D eigenvalue weighted by Crippen LogP contribution is 2.17. The molecule has 1 aromatic carbocycles. The van der Waals surface area contributed by atoms with Gasteiger partial charge in [-0.2, -0.15) is 0 Å². The van der Waals surface area contributed by atoms with E-state index < -0.39 is 11.5 Å². The number of halogens is 1. The van der Waals surface area contributed by atoms with E-state index in [9.17, 15) is 9.59 Å². The summed E-state index contributed by atoms with van der Waals surface area (Å²) >= 11 is 5.81. The smallest absolute Gasteiger partial charge is 0.345 e. The van der Waals surface area contributed by atoms with Crippen molar-refractivity contribution in [2.75, 3.05) is 6.61 Å². The van der Waals surface area contributed by atoms with Gasteiger partial charge in [0.1, 0.15) is 11.4 Å². The summed E-state index contributed by atoms with van der Waals surface area (Å²) in [5.41, 5.74) is 0.465. The van der Waals surface area contributed by atoms with Crippen LogP contribution in [0.2, 0.25) is 5.02 Å². The average Bonchev–Trinajstić information content (AvgIpc) is 2.39. The molecule has 0 fully saturated rings. The Hall–Kier alpha value is -2.14. The zero-order valence-electron chi connectivity index (χ0n) is 11.1. The van der Waals surface area contributed by atoms with Crippen LogP contribution in [0.4, 0.5) is 0 Å². The molecule has 0 amide bonds. The fraction of sp³-hybridized carbons (Fsp3) is 0.214. The highest BCUT2D eigenvalue weighted by Gasteiger charge is 2.17. The van der Waals surface area contributed by atoms with Crippen molar-refractivity contribution < 1.29 is 9.53 Å². The summed E-state index contributed by atoms with van der Waals surface area (Å²) in [5.74, 6) is -0.279. The predicted molar refractivity (Wildman–Crippen MR) is 76.0 cm³/mol. The van der Waals surface area contributed by atoms with Crippen molar-refractivity contribution >= 4 is 17.6 Å². The summed E-state index contributed by atoms with van der Waals surface area (Å²) in [7, 11) is 0. The van der Waals surface area contributed by atoms with Crippen LogP contribution in [-0.2, 0) is 4.74 Å². The Kier molecular flexibility index (Phi) is 4.20. The Morgan fingerprint density at radius 2 is 2.00 bits per heavy atom. The molecule has 2 rings (SSSR count). The second kappa shape index (κ2) is 5.88. The number of ether oxygens (including phenoxy) is 1. The lowest BCUT2D eigenvalue weighted by atomic mass is 10.2. The van der Waals surface area contributed by atoms with Crippen LogP contribution in [0.3, 0.4) is 0 Å². The highest BCUT2D eigenvalue weighted by molar-refractivity contribution is 6.30. The maximum absolute atomic E-state index is 12.0. The van der Waals surface area contributed by atoms with Gasteiger partial charge in [-0.3, -0.25) is 4.79 Å². The summed E-state index contributed by atoms with van der Waals surface area (Å²) in [5, 5.41) is 0.593. The van der Waals surface area contributed by atoms with Crippen LogP contribution in [0.25, 0.3) is 11.4 Å². The topological polar surface area (TPSA) is 72.0 Å². The van der Waals surface area contributed by atoms with Crippen LogP contribution in [0.15, 0.2) is 29.1 Å². The summed E-state index contributed by atoms with van der Waals surface area (Å²) in [6, 6.07) is 6.88. The number of nitrogens with one attached hydrogen (secondary N) is 1. The number of aryl methyl sites for hydroxylation is 1. The van der Waals surface area contributed by atoms with Crippen LogP contribution in [0, 0.1) is 6.92 Å². The van der Waals surface area contributed by atoms with Gasteiger partial charge in [-0.05, 0) is 38.1 Å². The number of carbonyl (C=O) groups is 1. The number of hydrogen-bond acceptors (Lipinski definition) is 4. The summed E-state index contributed by atoms with van der Waals surface area (Å²) < 4.78 is 4.83. The molecule has 0 aliphatic carbocycles. The lowest BCUT2D eigenvalue weighted by Crippen LogP contribution is -2.23. The van der Waals surface area contributed by atoms with Crippen LogP contribution in [0.5, 0.6) is 0 Å². The van der Waals surface area contributed by atoms with Crippen molar-refractivity contribution in [3.05, 3.63) is 50.9 Å². The maximum Gasteiger partial charge on any atom is 0.345 e. The fourth-order valence-corrected chi connectivity index (χ4v) is 1.90. The lowest BCUT2D eigenvalue weighted by molar-refractivity contribution is 0.0523. The Labute approximate surface area is 120 Å². The molecule has 0 saturated carbocycles. The van der Waals surface area contributed by atoms with Crippen molar-refractivity contribution in [2.24, 2.45) is 0 Å². The average molecular weight is 293 g/mol. The first kappa shape index (κ1) is 14.3. The van der Waals surface area contributed by atoms with Gasteiger partial charge in [-0.1, -0.05) is 11.6 Å². The van der Waals surface area contributed by atoms with Crippen LogP contribution in [0.1, 0.15) is 23.0 Å². The number of nitrogens with zero attached hydrogens (tertiary/aromatic N) is 1. The number of aromatic amines is 1. The summed E-state index contributed by atoms with van der Waals surface area (Å²) in [4.78, 5) is 30.5. The van der Waals surface area contributed by atoms with Crippen molar-refractivity contribution in [1.29, 1.82) is 0 Å². The van der Waals surface area contributed by atoms with Crippen molar-refractivity contribution in [1.82, 2.24) is 9.97 Å². The fourth-order valence-electron chi connectivity index (χ4n) is 1.77. The number of hydrogen-bond donors (Lipinski definition) is 1. The first-order valence-corrected chi connectivity index (χ1v) is 6.44. The van der Waals surface area contributed by atoms with Gasteiger partial charge in [-0.25, -0.2) is 9.78 Å². The van der Waals surface area contributed by atoms with Gasteiger partial charge in [0.25, 0.3) is 5.56 Å². The quantitative estimate of drug-likeness (QED) is 0.883. The summed E-state index contributed by atoms with van der Waals surface area (Å²) in [6.07, 6.45) is 0. The van der Waals surface area contributed by atoms with Crippen molar-refractivity contribution in [3.63, 3.8) is 0 Å². The van der Waals surface area contributed by atoms with Crippen LogP contribution in [-0.4, -0.2) is 22.5 Å². The Morgan fingerprint density at radius 1 is 1.35 bits per heavy atom. The zero-order chi connectivity index (χ0) is 14.7. The van der Waals surface area contributed by atoms with Crippen molar-refractivity contribution in [3.8, 4) is 11.4 Å². The molecule has 0 radical (unpaired) electrons. The molecular weight excluding hydrogens is 280 g/mol. The number of rotatable bonds is 3. The van der Waals surface area contributed by atoms with E-state index in [2.05, 4.69) is 9.97 Å². The van der Waals surface area contributed by atoms with Crippen LogP contribution < -0.4 is 5.56 Å². The van der Waals surface area contributed by atoms with Gasteiger partial charge in [-0.15, -0.1) is 0 Å². The highest BCUT2D eigenvalue weighted by atomic mass is 35.5. The molecule has 0 unspecified atom stereocenters. The van der Waals surface area contributed by atoms with Gasteiger partial charge in [0.15, 0.2) is 0 Å². The zero-order valence-corrected chi connectivity index (χ0v) is 11.8. The number of H-pyrrole nitrogens is 1. The van der Waals surface area contributed by atoms with E-state index in [4.69, 9.17) is 16.3 Å². The minimum absolute atomic E-state index is 0.0652. The third-order valence-corrected chi connectivity index (χ3v) is 2.95. The molecule has 0 aliphatic heterocycles. The number of esters is 1. The first-order valence-electron chi connectivity index (χ1n) is 6.07. The second-order valence-corrected chi connectivity index (χ2v) is 4.54. The minimum Gasteiger partial charge on any atom is -0.462 e. The maximum atomic E-state index is 12.0. The molecule has 2 aromatic rings. The van der Waals surface area contributed by atoms with E-state index >= 15 is 0 Å². The monoisotopic (exact) mass is 292 g/mol. The molecule has 6 heteroatoms. The number of benzene rings is 1. The Morgan fingerprint density at radius 3 is 2.55 bits per heavy atom. The SMILES string of the molecule is CCOC(=O)c1c(C)nc(-c2ccc(Cl)cc2)[nH]c1=O. The molecule has 0 saturated heterocycles. The minimum atomic E-state index is -0.665. The first-order chi connectivity index (χ1) is 9.52. The van der Waals surface area contributed by atoms with Gasteiger partial charge in [0, 0.05) is 10.6 Å². The Bertz CT molecular complexity index is 693. The largest absolute Gasteiger partial charge is 0.462 e.